The third-order valence-corrected chi connectivity index (χ3v) is 3.82. The first-order valence-corrected chi connectivity index (χ1v) is 7.75. The monoisotopic (exact) mass is 319 g/mol. The number of carbonyl (C=O) groups excluding carboxylic acids is 2. The fourth-order valence-corrected chi connectivity index (χ4v) is 2.65. The van der Waals surface area contributed by atoms with E-state index in [2.05, 4.69) is 22.9 Å². The van der Waals surface area contributed by atoms with E-state index in [1.165, 1.54) is 0 Å². The predicted molar refractivity (Wildman–Crippen MR) is 87.5 cm³/mol. The van der Waals surface area contributed by atoms with Gasteiger partial charge in [-0.2, -0.15) is 0 Å². The summed E-state index contributed by atoms with van der Waals surface area (Å²) in [5.74, 6) is 1.12. The van der Waals surface area contributed by atoms with Crippen LogP contribution < -0.4 is 16.0 Å². The van der Waals surface area contributed by atoms with E-state index < -0.39 is 0 Å². The lowest BCUT2D eigenvalue weighted by molar-refractivity contribution is -0.123. The summed E-state index contributed by atoms with van der Waals surface area (Å²) in [6.07, 6.45) is 3.23. The summed E-state index contributed by atoms with van der Waals surface area (Å²) in [6, 6.07) is 0.151. The molecule has 0 aliphatic carbocycles. The molecule has 0 aromatic rings. The minimum Gasteiger partial charge on any atom is -0.356 e. The van der Waals surface area contributed by atoms with Crippen LogP contribution in [0.3, 0.4) is 0 Å². The largest absolute Gasteiger partial charge is 0.356 e. The number of amides is 2. The van der Waals surface area contributed by atoms with E-state index in [0.29, 0.717) is 31.2 Å². The van der Waals surface area contributed by atoms with Gasteiger partial charge in [-0.25, -0.2) is 0 Å². The van der Waals surface area contributed by atoms with E-state index in [4.69, 9.17) is 0 Å². The van der Waals surface area contributed by atoms with Crippen molar-refractivity contribution in [2.24, 2.45) is 11.8 Å². The summed E-state index contributed by atoms with van der Waals surface area (Å²) in [7, 11) is 0. The molecule has 0 bridgehead atoms. The van der Waals surface area contributed by atoms with Crippen LogP contribution >= 0.6 is 12.4 Å². The maximum absolute atomic E-state index is 11.8. The summed E-state index contributed by atoms with van der Waals surface area (Å²) >= 11 is 0. The highest BCUT2D eigenvalue weighted by atomic mass is 35.5. The zero-order valence-electron chi connectivity index (χ0n) is 13.4. The molecule has 1 aliphatic heterocycles. The molecular formula is C15H30ClN3O2. The Hall–Kier alpha value is -0.810. The van der Waals surface area contributed by atoms with Crippen molar-refractivity contribution < 1.29 is 9.59 Å². The van der Waals surface area contributed by atoms with Crippen LogP contribution in [-0.4, -0.2) is 37.5 Å². The van der Waals surface area contributed by atoms with Crippen LogP contribution in [0.5, 0.6) is 0 Å². The molecule has 1 rings (SSSR count). The Morgan fingerprint density at radius 3 is 2.33 bits per heavy atom. The third-order valence-electron chi connectivity index (χ3n) is 3.82. The summed E-state index contributed by atoms with van der Waals surface area (Å²) in [5, 5.41) is 8.99. The number of piperidine rings is 1. The van der Waals surface area contributed by atoms with E-state index in [0.717, 1.165) is 25.9 Å². The molecule has 0 saturated carbocycles. The fraction of sp³-hybridized carbons (Fsp3) is 0.867. The lowest BCUT2D eigenvalue weighted by atomic mass is 9.84. The first-order chi connectivity index (χ1) is 9.49. The van der Waals surface area contributed by atoms with Crippen LogP contribution in [0.15, 0.2) is 0 Å². The zero-order chi connectivity index (χ0) is 15.0. The Morgan fingerprint density at radius 2 is 1.76 bits per heavy atom. The summed E-state index contributed by atoms with van der Waals surface area (Å²) in [4.78, 5) is 23.3. The van der Waals surface area contributed by atoms with Gasteiger partial charge in [-0.3, -0.25) is 9.59 Å². The lowest BCUT2D eigenvalue weighted by Crippen LogP contribution is -2.36. The van der Waals surface area contributed by atoms with E-state index in [9.17, 15) is 9.59 Å². The summed E-state index contributed by atoms with van der Waals surface area (Å²) in [6.45, 7) is 8.56. The maximum atomic E-state index is 11.8. The molecular weight excluding hydrogens is 290 g/mol. The zero-order valence-corrected chi connectivity index (χ0v) is 14.2. The van der Waals surface area contributed by atoms with Crippen molar-refractivity contribution in [2.45, 2.75) is 52.5 Å². The first-order valence-electron chi connectivity index (χ1n) is 7.75. The quantitative estimate of drug-likeness (QED) is 0.665. The van der Waals surface area contributed by atoms with Gasteiger partial charge in [0.2, 0.25) is 11.8 Å². The highest BCUT2D eigenvalue weighted by molar-refractivity contribution is 5.85. The van der Waals surface area contributed by atoms with Crippen LogP contribution in [0.25, 0.3) is 0 Å². The fourth-order valence-electron chi connectivity index (χ4n) is 2.65. The topological polar surface area (TPSA) is 70.2 Å². The Kier molecular flexibility index (Phi) is 10.4. The Morgan fingerprint density at radius 1 is 1.14 bits per heavy atom. The van der Waals surface area contributed by atoms with Gasteiger partial charge >= 0.3 is 0 Å². The van der Waals surface area contributed by atoms with Crippen molar-refractivity contribution in [3.63, 3.8) is 0 Å². The Labute approximate surface area is 134 Å². The van der Waals surface area contributed by atoms with Gasteiger partial charge in [-0.05, 0) is 51.6 Å². The van der Waals surface area contributed by atoms with E-state index in [1.54, 1.807) is 0 Å². The third kappa shape index (κ3) is 8.94. The number of carbonyl (C=O) groups is 2. The Bertz CT molecular complexity index is 318. The van der Waals surface area contributed by atoms with Crippen LogP contribution in [-0.2, 0) is 9.59 Å². The second-order valence-corrected chi connectivity index (χ2v) is 6.09. The van der Waals surface area contributed by atoms with Crippen molar-refractivity contribution in [3.8, 4) is 0 Å². The van der Waals surface area contributed by atoms with E-state index in [1.807, 2.05) is 13.8 Å². The normalized spacial score (nSPS) is 17.0. The van der Waals surface area contributed by atoms with E-state index >= 15 is 0 Å². The van der Waals surface area contributed by atoms with Gasteiger partial charge in [0.25, 0.3) is 0 Å². The predicted octanol–water partition coefficient (Wildman–Crippen LogP) is 1.46. The van der Waals surface area contributed by atoms with Gasteiger partial charge < -0.3 is 16.0 Å². The van der Waals surface area contributed by atoms with Crippen molar-refractivity contribution in [3.05, 3.63) is 0 Å². The first kappa shape index (κ1) is 20.2. The molecule has 0 spiro atoms. The SMILES string of the molecule is CC(C)NC(=O)CCNC(=O)CC(C)C1CCNCC1.Cl. The van der Waals surface area contributed by atoms with Crippen molar-refractivity contribution in [2.75, 3.05) is 19.6 Å². The molecule has 5 nitrogen and oxygen atoms in total. The number of hydrogen-bond donors (Lipinski definition) is 3. The number of halogens is 1. The van der Waals surface area contributed by atoms with Gasteiger partial charge in [-0.1, -0.05) is 6.92 Å². The van der Waals surface area contributed by atoms with Crippen LogP contribution in [0.2, 0.25) is 0 Å². The molecule has 1 saturated heterocycles. The number of nitrogens with one attached hydrogen (secondary N) is 3. The molecule has 21 heavy (non-hydrogen) atoms. The van der Waals surface area contributed by atoms with Crippen molar-refractivity contribution in [1.29, 1.82) is 0 Å². The van der Waals surface area contributed by atoms with Crippen molar-refractivity contribution in [1.82, 2.24) is 16.0 Å². The molecule has 0 radical (unpaired) electrons. The molecule has 1 aliphatic rings. The number of hydrogen-bond acceptors (Lipinski definition) is 3. The molecule has 1 fully saturated rings. The van der Waals surface area contributed by atoms with Crippen LogP contribution in [0.1, 0.15) is 46.5 Å². The standard InChI is InChI=1S/C15H29N3O2.ClH/c1-11(2)18-14(19)6-9-17-15(20)10-12(3)13-4-7-16-8-5-13;/h11-13,16H,4-10H2,1-3H3,(H,17,20)(H,18,19);1H. The van der Waals surface area contributed by atoms with Gasteiger partial charge in [0.1, 0.15) is 0 Å². The van der Waals surface area contributed by atoms with Gasteiger partial charge in [0.15, 0.2) is 0 Å². The highest BCUT2D eigenvalue weighted by Gasteiger charge is 2.21. The van der Waals surface area contributed by atoms with Crippen LogP contribution in [0, 0.1) is 11.8 Å². The average Bonchev–Trinajstić information content (AvgIpc) is 2.38. The minimum absolute atomic E-state index is 0. The molecule has 1 heterocycles. The second-order valence-electron chi connectivity index (χ2n) is 6.09. The maximum Gasteiger partial charge on any atom is 0.221 e. The molecule has 1 atom stereocenters. The lowest BCUT2D eigenvalue weighted by Gasteiger charge is -2.27. The minimum atomic E-state index is -0.00768. The molecule has 1 unspecified atom stereocenters. The molecule has 2 amide bonds. The Balaban J connectivity index is 0.00000400. The van der Waals surface area contributed by atoms with Gasteiger partial charge in [-0.15, -0.1) is 12.4 Å². The summed E-state index contributed by atoms with van der Waals surface area (Å²) in [5.41, 5.74) is 0. The average molecular weight is 320 g/mol. The van der Waals surface area contributed by atoms with Gasteiger partial charge in [0.05, 0.1) is 0 Å². The van der Waals surface area contributed by atoms with Crippen LogP contribution in [0.4, 0.5) is 0 Å². The molecule has 6 heteroatoms. The van der Waals surface area contributed by atoms with Gasteiger partial charge in [0, 0.05) is 25.4 Å². The van der Waals surface area contributed by atoms with E-state index in [-0.39, 0.29) is 30.3 Å². The molecule has 0 aromatic carbocycles. The molecule has 0 aromatic heterocycles. The molecule has 124 valence electrons. The second kappa shape index (κ2) is 10.9. The number of rotatable bonds is 7. The smallest absolute Gasteiger partial charge is 0.221 e. The highest BCUT2D eigenvalue weighted by Crippen LogP contribution is 2.23. The summed E-state index contributed by atoms with van der Waals surface area (Å²) < 4.78 is 0. The molecule has 3 N–H and O–H groups in total. The van der Waals surface area contributed by atoms with Crippen molar-refractivity contribution >= 4 is 24.2 Å².